The van der Waals surface area contributed by atoms with Gasteiger partial charge in [-0.05, 0) is 30.3 Å². The van der Waals surface area contributed by atoms with Crippen molar-refractivity contribution >= 4 is 72.1 Å². The molecule has 21 heavy (non-hydrogen) atoms. The molecule has 0 aliphatic rings. The molecule has 2 aromatic carbocycles. The van der Waals surface area contributed by atoms with Gasteiger partial charge in [-0.3, -0.25) is 4.72 Å². The summed E-state index contributed by atoms with van der Waals surface area (Å²) in [5.41, 5.74) is 6.10. The number of rotatable bonds is 3. The molecule has 0 saturated carbocycles. The van der Waals surface area contributed by atoms with E-state index in [-0.39, 0.29) is 26.3 Å². The molecule has 3 N–H and O–H groups in total. The third kappa shape index (κ3) is 3.76. The van der Waals surface area contributed by atoms with Gasteiger partial charge in [0.1, 0.15) is 4.90 Å². The number of anilines is 2. The Labute approximate surface area is 145 Å². The minimum atomic E-state index is -3.98. The first-order valence-electron chi connectivity index (χ1n) is 5.43. The summed E-state index contributed by atoms with van der Waals surface area (Å²) in [5, 5.41) is 0.388. The molecule has 0 fully saturated rings. The van der Waals surface area contributed by atoms with Crippen molar-refractivity contribution in [3.63, 3.8) is 0 Å². The largest absolute Gasteiger partial charge is 0.397 e. The van der Waals surface area contributed by atoms with Crippen LogP contribution in [0.3, 0.4) is 0 Å². The van der Waals surface area contributed by atoms with E-state index in [1.165, 1.54) is 30.3 Å². The maximum Gasteiger partial charge on any atom is 0.264 e. The summed E-state index contributed by atoms with van der Waals surface area (Å²) >= 11 is 20.9. The minimum Gasteiger partial charge on any atom is -0.397 e. The van der Waals surface area contributed by atoms with E-state index in [1.807, 2.05) is 0 Å². The van der Waals surface area contributed by atoms with Crippen molar-refractivity contribution < 1.29 is 8.42 Å². The second kappa shape index (κ2) is 6.22. The molecular weight excluding hydrogens is 422 g/mol. The van der Waals surface area contributed by atoms with E-state index in [1.54, 1.807) is 0 Å². The molecule has 0 unspecified atom stereocenters. The zero-order chi connectivity index (χ0) is 15.8. The predicted molar refractivity (Wildman–Crippen MR) is 90.8 cm³/mol. The number of nitrogen functional groups attached to an aromatic ring is 1. The molecule has 112 valence electrons. The molecule has 0 aromatic heterocycles. The highest BCUT2D eigenvalue weighted by Crippen LogP contribution is 2.34. The quantitative estimate of drug-likeness (QED) is 0.688. The fourth-order valence-electron chi connectivity index (χ4n) is 1.61. The number of benzene rings is 2. The van der Waals surface area contributed by atoms with Crippen molar-refractivity contribution in [3.05, 3.63) is 49.9 Å². The van der Waals surface area contributed by atoms with Gasteiger partial charge in [-0.1, -0.05) is 50.7 Å². The van der Waals surface area contributed by atoms with Crippen molar-refractivity contribution in [2.24, 2.45) is 0 Å². The summed E-state index contributed by atoms with van der Waals surface area (Å²) in [6.07, 6.45) is 0. The van der Waals surface area contributed by atoms with Gasteiger partial charge < -0.3 is 5.73 Å². The highest BCUT2D eigenvalue weighted by atomic mass is 79.9. The van der Waals surface area contributed by atoms with Crippen LogP contribution < -0.4 is 10.5 Å². The summed E-state index contributed by atoms with van der Waals surface area (Å²) in [6.45, 7) is 0. The lowest BCUT2D eigenvalue weighted by Crippen LogP contribution is -2.15. The Morgan fingerprint density at radius 2 is 1.62 bits per heavy atom. The Bertz CT molecular complexity index is 789. The summed E-state index contributed by atoms with van der Waals surface area (Å²) in [7, 11) is -3.98. The molecule has 4 nitrogen and oxygen atoms in total. The number of nitrogens with two attached hydrogens (primary N) is 1. The van der Waals surface area contributed by atoms with Crippen LogP contribution in [0, 0.1) is 0 Å². The summed E-state index contributed by atoms with van der Waals surface area (Å²) in [5.74, 6) is 0. The molecule has 0 aliphatic heterocycles. The van der Waals surface area contributed by atoms with Crippen LogP contribution in [0.2, 0.25) is 15.1 Å². The second-order valence-corrected chi connectivity index (χ2v) is 7.82. The highest BCUT2D eigenvalue weighted by Gasteiger charge is 2.23. The van der Waals surface area contributed by atoms with Gasteiger partial charge in [-0.2, -0.15) is 0 Å². The van der Waals surface area contributed by atoms with Crippen LogP contribution >= 0.6 is 50.7 Å². The second-order valence-electron chi connectivity index (χ2n) is 4.04. The van der Waals surface area contributed by atoms with E-state index in [9.17, 15) is 8.42 Å². The topological polar surface area (TPSA) is 72.2 Å². The van der Waals surface area contributed by atoms with E-state index in [0.717, 1.165) is 0 Å². The first-order chi connectivity index (χ1) is 9.70. The van der Waals surface area contributed by atoms with Crippen LogP contribution in [-0.4, -0.2) is 8.42 Å². The fraction of sp³-hybridized carbons (Fsp3) is 0. The SMILES string of the molecule is Nc1cc(Cl)ccc1NS(=O)(=O)c1c(Cl)cc(Br)cc1Cl. The molecule has 2 rings (SSSR count). The van der Waals surface area contributed by atoms with Crippen molar-refractivity contribution in [2.45, 2.75) is 4.90 Å². The predicted octanol–water partition coefficient (Wildman–Crippen LogP) is 4.79. The number of sulfonamides is 1. The molecular formula is C12H8BrCl3N2O2S. The van der Waals surface area contributed by atoms with Gasteiger partial charge >= 0.3 is 0 Å². The summed E-state index contributed by atoms with van der Waals surface area (Å²) < 4.78 is 27.7. The Balaban J connectivity index is 2.48. The summed E-state index contributed by atoms with van der Waals surface area (Å²) in [4.78, 5) is -0.219. The van der Waals surface area contributed by atoms with Crippen LogP contribution in [0.1, 0.15) is 0 Å². The third-order valence-corrected chi connectivity index (χ3v) is 5.47. The highest BCUT2D eigenvalue weighted by molar-refractivity contribution is 9.10. The van der Waals surface area contributed by atoms with Crippen molar-refractivity contribution in [1.82, 2.24) is 0 Å². The van der Waals surface area contributed by atoms with E-state index < -0.39 is 10.0 Å². The Morgan fingerprint density at radius 3 is 2.14 bits per heavy atom. The lowest BCUT2D eigenvalue weighted by Gasteiger charge is -2.13. The van der Waals surface area contributed by atoms with Crippen LogP contribution in [-0.2, 0) is 10.0 Å². The van der Waals surface area contributed by atoms with Gasteiger partial charge in [-0.25, -0.2) is 8.42 Å². The Morgan fingerprint density at radius 1 is 1.05 bits per heavy atom. The standard InChI is InChI=1S/C12H8BrCl3N2O2S/c13-6-3-8(15)12(9(16)4-6)21(19,20)18-11-2-1-7(14)5-10(11)17/h1-5,18H,17H2. The smallest absolute Gasteiger partial charge is 0.264 e. The fourth-order valence-corrected chi connectivity index (χ4v) is 4.82. The number of halogens is 4. The molecule has 0 saturated heterocycles. The number of hydrogen-bond donors (Lipinski definition) is 2. The molecule has 0 amide bonds. The van der Waals surface area contributed by atoms with Crippen LogP contribution in [0.15, 0.2) is 39.7 Å². The van der Waals surface area contributed by atoms with Crippen molar-refractivity contribution in [3.8, 4) is 0 Å². The molecule has 0 heterocycles. The lowest BCUT2D eigenvalue weighted by atomic mass is 10.3. The Kier molecular flexibility index (Phi) is 4.95. The van der Waals surface area contributed by atoms with Gasteiger partial charge in [0.2, 0.25) is 0 Å². The molecule has 0 spiro atoms. The monoisotopic (exact) mass is 428 g/mol. The third-order valence-electron chi connectivity index (χ3n) is 2.49. The van der Waals surface area contributed by atoms with Gasteiger partial charge in [-0.15, -0.1) is 0 Å². The maximum atomic E-state index is 12.4. The normalized spacial score (nSPS) is 11.4. The molecule has 0 bridgehead atoms. The number of hydrogen-bond acceptors (Lipinski definition) is 3. The van der Waals surface area contributed by atoms with E-state index >= 15 is 0 Å². The molecule has 2 aromatic rings. The minimum absolute atomic E-state index is 0.00518. The number of nitrogens with one attached hydrogen (secondary N) is 1. The molecule has 0 atom stereocenters. The van der Waals surface area contributed by atoms with Gasteiger partial charge in [0.05, 0.1) is 21.4 Å². The van der Waals surface area contributed by atoms with Gasteiger partial charge in [0.25, 0.3) is 10.0 Å². The van der Waals surface area contributed by atoms with Crippen molar-refractivity contribution in [2.75, 3.05) is 10.5 Å². The molecule has 9 heteroatoms. The average molecular weight is 431 g/mol. The van der Waals surface area contributed by atoms with Crippen LogP contribution in [0.5, 0.6) is 0 Å². The van der Waals surface area contributed by atoms with Crippen molar-refractivity contribution in [1.29, 1.82) is 0 Å². The van der Waals surface area contributed by atoms with Gasteiger partial charge in [0, 0.05) is 9.50 Å². The molecule has 0 aliphatic carbocycles. The lowest BCUT2D eigenvalue weighted by molar-refractivity contribution is 0.601. The zero-order valence-electron chi connectivity index (χ0n) is 10.2. The first-order valence-corrected chi connectivity index (χ1v) is 8.84. The Hall–Kier alpha value is -0.660. The van der Waals surface area contributed by atoms with Crippen LogP contribution in [0.25, 0.3) is 0 Å². The zero-order valence-corrected chi connectivity index (χ0v) is 14.9. The molecule has 0 radical (unpaired) electrons. The van der Waals surface area contributed by atoms with E-state index in [0.29, 0.717) is 9.50 Å². The van der Waals surface area contributed by atoms with Gasteiger partial charge in [0.15, 0.2) is 0 Å². The first kappa shape index (κ1) is 16.7. The maximum absolute atomic E-state index is 12.4. The average Bonchev–Trinajstić information content (AvgIpc) is 2.30. The van der Waals surface area contributed by atoms with E-state index in [4.69, 9.17) is 40.5 Å². The summed E-state index contributed by atoms with van der Waals surface area (Å²) in [6, 6.07) is 7.28. The van der Waals surface area contributed by atoms with Crippen LogP contribution in [0.4, 0.5) is 11.4 Å². The van der Waals surface area contributed by atoms with E-state index in [2.05, 4.69) is 20.7 Å².